The molecule has 0 aromatic carbocycles. The molecule has 2 heterocycles. The van der Waals surface area contributed by atoms with Crippen LogP contribution in [0.5, 0.6) is 0 Å². The van der Waals surface area contributed by atoms with Crippen molar-refractivity contribution < 1.29 is 18.0 Å². The molecule has 3 N–H and O–H groups in total. The summed E-state index contributed by atoms with van der Waals surface area (Å²) in [6.07, 6.45) is -1.71. The number of aromatic amines is 1. The molecule has 0 unspecified atom stereocenters. The summed E-state index contributed by atoms with van der Waals surface area (Å²) in [5.74, 6) is -0.168. The number of H-pyrrole nitrogens is 1. The first-order chi connectivity index (χ1) is 11.4. The molecule has 24 heavy (non-hydrogen) atoms. The summed E-state index contributed by atoms with van der Waals surface area (Å²) in [6, 6.07) is 5.15. The van der Waals surface area contributed by atoms with Crippen molar-refractivity contribution in [2.45, 2.75) is 12.6 Å². The van der Waals surface area contributed by atoms with Gasteiger partial charge in [-0.25, -0.2) is 4.98 Å². The quantitative estimate of drug-likeness (QED) is 0.702. The van der Waals surface area contributed by atoms with Crippen LogP contribution < -0.4 is 16.2 Å². The molecule has 0 radical (unpaired) electrons. The molecule has 2 aromatic heterocycles. The zero-order valence-electron chi connectivity index (χ0n) is 12.5. The highest BCUT2D eigenvalue weighted by Gasteiger charge is 2.30. The first kappa shape index (κ1) is 17.5. The zero-order chi connectivity index (χ0) is 17.6. The van der Waals surface area contributed by atoms with Crippen molar-refractivity contribution in [3.63, 3.8) is 0 Å². The van der Waals surface area contributed by atoms with Crippen LogP contribution in [-0.2, 0) is 6.18 Å². The number of anilines is 1. The van der Waals surface area contributed by atoms with Gasteiger partial charge >= 0.3 is 6.18 Å². The number of carbonyl (C=O) groups is 1. The topological polar surface area (TPSA) is 86.9 Å². The lowest BCUT2D eigenvalue weighted by Crippen LogP contribution is -2.30. The van der Waals surface area contributed by atoms with Gasteiger partial charge in [-0.05, 0) is 30.7 Å². The molecule has 0 aliphatic rings. The number of carbonyl (C=O) groups excluding carboxylic acids is 1. The standard InChI is InChI=1S/C15H15F3N4O2/c16-15(17,18)10-4-5-12(22-9-10)19-7-2-8-21-14(24)11-3-1-6-20-13(11)23/h1,3-6,9H,2,7-8H2,(H,19,22)(H,20,23)(H,21,24). The number of hydrogen-bond acceptors (Lipinski definition) is 4. The number of nitrogens with zero attached hydrogens (tertiary/aromatic N) is 1. The normalized spacial score (nSPS) is 11.1. The molecule has 0 spiro atoms. The van der Waals surface area contributed by atoms with Gasteiger partial charge in [-0.2, -0.15) is 13.2 Å². The Morgan fingerprint density at radius 3 is 2.62 bits per heavy atom. The van der Waals surface area contributed by atoms with E-state index in [0.29, 0.717) is 25.3 Å². The fourth-order valence-electron chi connectivity index (χ4n) is 1.87. The smallest absolute Gasteiger partial charge is 0.370 e. The monoisotopic (exact) mass is 340 g/mol. The first-order valence-corrected chi connectivity index (χ1v) is 7.11. The molecule has 0 saturated heterocycles. The van der Waals surface area contributed by atoms with Gasteiger partial charge in [0.2, 0.25) is 0 Å². The molecule has 0 atom stereocenters. The van der Waals surface area contributed by atoms with E-state index in [1.165, 1.54) is 18.3 Å². The number of alkyl halides is 3. The number of halogens is 3. The molecule has 0 aliphatic heterocycles. The summed E-state index contributed by atoms with van der Waals surface area (Å²) in [7, 11) is 0. The van der Waals surface area contributed by atoms with Crippen LogP contribution in [0.1, 0.15) is 22.3 Å². The van der Waals surface area contributed by atoms with Crippen molar-refractivity contribution in [2.75, 3.05) is 18.4 Å². The summed E-state index contributed by atoms with van der Waals surface area (Å²) >= 11 is 0. The molecule has 128 valence electrons. The van der Waals surface area contributed by atoms with Gasteiger partial charge in [0.1, 0.15) is 11.4 Å². The minimum Gasteiger partial charge on any atom is -0.370 e. The summed E-state index contributed by atoms with van der Waals surface area (Å²) < 4.78 is 37.2. The second-order valence-corrected chi connectivity index (χ2v) is 4.88. The number of rotatable bonds is 6. The Balaban J connectivity index is 1.73. The minimum atomic E-state index is -4.41. The average Bonchev–Trinajstić information content (AvgIpc) is 2.54. The van der Waals surface area contributed by atoms with E-state index in [9.17, 15) is 22.8 Å². The zero-order valence-corrected chi connectivity index (χ0v) is 12.5. The van der Waals surface area contributed by atoms with Gasteiger partial charge in [0.25, 0.3) is 11.5 Å². The Bertz CT molecular complexity index is 741. The largest absolute Gasteiger partial charge is 0.417 e. The molecule has 9 heteroatoms. The minimum absolute atomic E-state index is 0.0230. The van der Waals surface area contributed by atoms with Crippen LogP contribution in [0.25, 0.3) is 0 Å². The Morgan fingerprint density at radius 2 is 2.00 bits per heavy atom. The van der Waals surface area contributed by atoms with Crippen LogP contribution in [-0.4, -0.2) is 29.0 Å². The van der Waals surface area contributed by atoms with Crippen LogP contribution in [0.15, 0.2) is 41.5 Å². The Kier molecular flexibility index (Phi) is 5.56. The SMILES string of the molecule is O=C(NCCCNc1ccc(C(F)(F)F)cn1)c1ccc[nH]c1=O. The number of aromatic nitrogens is 2. The molecule has 0 saturated carbocycles. The molecule has 0 bridgehead atoms. The predicted octanol–water partition coefficient (Wildman–Crippen LogP) is 2.02. The van der Waals surface area contributed by atoms with Gasteiger partial charge < -0.3 is 15.6 Å². The number of hydrogen-bond donors (Lipinski definition) is 3. The molecular formula is C15H15F3N4O2. The van der Waals surface area contributed by atoms with Crippen LogP contribution in [0.3, 0.4) is 0 Å². The van der Waals surface area contributed by atoms with E-state index in [1.807, 2.05) is 0 Å². The van der Waals surface area contributed by atoms with Gasteiger partial charge in [-0.1, -0.05) is 0 Å². The first-order valence-electron chi connectivity index (χ1n) is 7.11. The summed E-state index contributed by atoms with van der Waals surface area (Å²) in [6.45, 7) is 0.713. The van der Waals surface area contributed by atoms with E-state index in [-0.39, 0.29) is 5.56 Å². The number of pyridine rings is 2. The lowest BCUT2D eigenvalue weighted by Gasteiger charge is -2.09. The van der Waals surface area contributed by atoms with E-state index >= 15 is 0 Å². The summed E-state index contributed by atoms with van der Waals surface area (Å²) in [4.78, 5) is 29.3. The molecule has 0 fully saturated rings. The van der Waals surface area contributed by atoms with E-state index < -0.39 is 23.2 Å². The second kappa shape index (κ2) is 7.62. The van der Waals surface area contributed by atoms with Crippen molar-refractivity contribution in [3.8, 4) is 0 Å². The molecule has 1 amide bonds. The highest BCUT2D eigenvalue weighted by molar-refractivity contribution is 5.93. The molecule has 2 aromatic rings. The van der Waals surface area contributed by atoms with Gasteiger partial charge in [0.05, 0.1) is 5.56 Å². The van der Waals surface area contributed by atoms with Crippen LogP contribution in [0, 0.1) is 0 Å². The second-order valence-electron chi connectivity index (χ2n) is 4.88. The molecule has 2 rings (SSSR count). The maximum Gasteiger partial charge on any atom is 0.417 e. The predicted molar refractivity (Wildman–Crippen MR) is 81.7 cm³/mol. The lowest BCUT2D eigenvalue weighted by molar-refractivity contribution is -0.137. The third kappa shape index (κ3) is 4.83. The number of nitrogens with one attached hydrogen (secondary N) is 3. The summed E-state index contributed by atoms with van der Waals surface area (Å²) in [5.41, 5.74) is -1.26. The Hall–Kier alpha value is -2.84. The van der Waals surface area contributed by atoms with E-state index in [1.54, 1.807) is 6.07 Å². The van der Waals surface area contributed by atoms with E-state index in [4.69, 9.17) is 0 Å². The summed E-state index contributed by atoms with van der Waals surface area (Å²) in [5, 5.41) is 5.44. The molecule has 6 nitrogen and oxygen atoms in total. The maximum atomic E-state index is 12.4. The van der Waals surface area contributed by atoms with Gasteiger partial charge in [-0.15, -0.1) is 0 Å². The van der Waals surface area contributed by atoms with Gasteiger partial charge in [0.15, 0.2) is 0 Å². The van der Waals surface area contributed by atoms with Crippen LogP contribution in [0.2, 0.25) is 0 Å². The third-order valence-electron chi connectivity index (χ3n) is 3.10. The Labute approximate surface area is 135 Å². The van der Waals surface area contributed by atoms with Crippen molar-refractivity contribution in [3.05, 3.63) is 58.1 Å². The third-order valence-corrected chi connectivity index (χ3v) is 3.10. The van der Waals surface area contributed by atoms with E-state index in [0.717, 1.165) is 12.3 Å². The highest BCUT2D eigenvalue weighted by atomic mass is 19.4. The van der Waals surface area contributed by atoms with Gasteiger partial charge in [0, 0.05) is 25.5 Å². The highest BCUT2D eigenvalue weighted by Crippen LogP contribution is 2.28. The van der Waals surface area contributed by atoms with Crippen molar-refractivity contribution in [2.24, 2.45) is 0 Å². The van der Waals surface area contributed by atoms with E-state index in [2.05, 4.69) is 20.6 Å². The molecular weight excluding hydrogens is 325 g/mol. The van der Waals surface area contributed by atoms with Crippen molar-refractivity contribution in [1.29, 1.82) is 0 Å². The van der Waals surface area contributed by atoms with Gasteiger partial charge in [-0.3, -0.25) is 9.59 Å². The fraction of sp³-hybridized carbons (Fsp3) is 0.267. The van der Waals surface area contributed by atoms with Crippen molar-refractivity contribution >= 4 is 11.7 Å². The fourth-order valence-corrected chi connectivity index (χ4v) is 1.87. The van der Waals surface area contributed by atoms with Crippen LogP contribution in [0.4, 0.5) is 19.0 Å². The van der Waals surface area contributed by atoms with Crippen molar-refractivity contribution in [1.82, 2.24) is 15.3 Å². The van der Waals surface area contributed by atoms with Crippen LogP contribution >= 0.6 is 0 Å². The average molecular weight is 340 g/mol. The lowest BCUT2D eigenvalue weighted by atomic mass is 10.2. The Morgan fingerprint density at radius 1 is 1.21 bits per heavy atom. The number of amides is 1. The maximum absolute atomic E-state index is 12.4. The molecule has 0 aliphatic carbocycles.